The predicted octanol–water partition coefficient (Wildman–Crippen LogP) is 3.64. The summed E-state index contributed by atoms with van der Waals surface area (Å²) < 4.78 is 18.7. The van der Waals surface area contributed by atoms with E-state index in [0.717, 1.165) is 25.7 Å². The molecule has 0 aromatic heterocycles. The zero-order valence-corrected chi connectivity index (χ0v) is 10.5. The van der Waals surface area contributed by atoms with Crippen LogP contribution in [0.2, 0.25) is 0 Å². The van der Waals surface area contributed by atoms with Gasteiger partial charge >= 0.3 is 5.97 Å². The summed E-state index contributed by atoms with van der Waals surface area (Å²) in [5, 5.41) is 0. The summed E-state index contributed by atoms with van der Waals surface area (Å²) in [4.78, 5) is 11.5. The van der Waals surface area contributed by atoms with Crippen molar-refractivity contribution in [3.8, 4) is 0 Å². The molecule has 2 nitrogen and oxygen atoms in total. The molecular formula is C12H23FO2. The number of hydrogen-bond donors (Lipinski definition) is 0. The Morgan fingerprint density at radius 3 is 1.93 bits per heavy atom. The van der Waals surface area contributed by atoms with Crippen molar-refractivity contribution in [2.75, 3.05) is 0 Å². The zero-order chi connectivity index (χ0) is 12.1. The van der Waals surface area contributed by atoms with Crippen molar-refractivity contribution in [3.63, 3.8) is 0 Å². The van der Waals surface area contributed by atoms with Crippen LogP contribution in [0.4, 0.5) is 4.39 Å². The van der Waals surface area contributed by atoms with E-state index in [0.29, 0.717) is 0 Å². The lowest BCUT2D eigenvalue weighted by Crippen LogP contribution is -2.40. The Morgan fingerprint density at radius 1 is 1.20 bits per heavy atom. The lowest BCUT2D eigenvalue weighted by molar-refractivity contribution is -0.174. The minimum atomic E-state index is -1.90. The maximum atomic E-state index is 13.4. The lowest BCUT2D eigenvalue weighted by Gasteiger charge is -2.33. The molecule has 0 atom stereocenters. The maximum Gasteiger partial charge on any atom is 0.343 e. The van der Waals surface area contributed by atoms with E-state index in [9.17, 15) is 9.18 Å². The second-order valence-electron chi connectivity index (χ2n) is 4.50. The molecule has 0 aliphatic heterocycles. The SMILES string of the molecule is CCCC(CC)(CC)OC(=O)C(C)(C)F. The number of alkyl halides is 1. The minimum absolute atomic E-state index is 0.477. The standard InChI is InChI=1S/C12H23FO2/c1-6-9-12(7-2,8-3)15-10(14)11(4,5)13/h6-9H2,1-5H3. The summed E-state index contributed by atoms with van der Waals surface area (Å²) >= 11 is 0. The average molecular weight is 218 g/mol. The smallest absolute Gasteiger partial charge is 0.343 e. The summed E-state index contributed by atoms with van der Waals surface area (Å²) in [5.74, 6) is -0.750. The van der Waals surface area contributed by atoms with Crippen molar-refractivity contribution >= 4 is 5.97 Å². The molecule has 0 fully saturated rings. The van der Waals surface area contributed by atoms with Gasteiger partial charge in [-0.05, 0) is 33.1 Å². The molecule has 15 heavy (non-hydrogen) atoms. The molecule has 0 aliphatic carbocycles. The van der Waals surface area contributed by atoms with Crippen molar-refractivity contribution < 1.29 is 13.9 Å². The van der Waals surface area contributed by atoms with Crippen LogP contribution in [0.15, 0.2) is 0 Å². The molecule has 0 spiro atoms. The van der Waals surface area contributed by atoms with E-state index in [-0.39, 0.29) is 0 Å². The number of carbonyl (C=O) groups is 1. The van der Waals surface area contributed by atoms with Crippen molar-refractivity contribution in [2.24, 2.45) is 0 Å². The van der Waals surface area contributed by atoms with Gasteiger partial charge in [-0.2, -0.15) is 0 Å². The molecule has 90 valence electrons. The highest BCUT2D eigenvalue weighted by molar-refractivity contribution is 5.78. The lowest BCUT2D eigenvalue weighted by atomic mass is 9.91. The first-order valence-electron chi connectivity index (χ1n) is 5.73. The van der Waals surface area contributed by atoms with E-state index in [1.54, 1.807) is 0 Å². The van der Waals surface area contributed by atoms with Gasteiger partial charge in [0.15, 0.2) is 0 Å². The van der Waals surface area contributed by atoms with E-state index in [4.69, 9.17) is 4.74 Å². The number of ether oxygens (including phenoxy) is 1. The van der Waals surface area contributed by atoms with Crippen LogP contribution in [0.3, 0.4) is 0 Å². The number of halogens is 1. The van der Waals surface area contributed by atoms with Crippen LogP contribution in [-0.2, 0) is 9.53 Å². The van der Waals surface area contributed by atoms with Crippen molar-refractivity contribution in [1.82, 2.24) is 0 Å². The molecule has 0 aromatic rings. The van der Waals surface area contributed by atoms with E-state index < -0.39 is 17.2 Å². The number of hydrogen-bond acceptors (Lipinski definition) is 2. The molecule has 0 amide bonds. The normalized spacial score (nSPS) is 12.7. The van der Waals surface area contributed by atoms with Crippen molar-refractivity contribution in [1.29, 1.82) is 0 Å². The molecule has 0 unspecified atom stereocenters. The van der Waals surface area contributed by atoms with Crippen LogP contribution in [0.25, 0.3) is 0 Å². The molecule has 0 N–H and O–H groups in total. The highest BCUT2D eigenvalue weighted by atomic mass is 19.1. The third kappa shape index (κ3) is 4.18. The van der Waals surface area contributed by atoms with Gasteiger partial charge in [0, 0.05) is 0 Å². The highest BCUT2D eigenvalue weighted by Gasteiger charge is 2.36. The molecule has 3 heteroatoms. The largest absolute Gasteiger partial charge is 0.457 e. The third-order valence-electron chi connectivity index (χ3n) is 2.79. The van der Waals surface area contributed by atoms with E-state index in [1.165, 1.54) is 13.8 Å². The van der Waals surface area contributed by atoms with E-state index >= 15 is 0 Å². The Bertz CT molecular complexity index is 202. The first kappa shape index (κ1) is 14.4. The number of esters is 1. The summed E-state index contributed by atoms with van der Waals surface area (Å²) in [7, 11) is 0. The predicted molar refractivity (Wildman–Crippen MR) is 59.5 cm³/mol. The first-order valence-corrected chi connectivity index (χ1v) is 5.73. The summed E-state index contributed by atoms with van der Waals surface area (Å²) in [5.41, 5.74) is -2.38. The van der Waals surface area contributed by atoms with E-state index in [1.807, 2.05) is 20.8 Å². The summed E-state index contributed by atoms with van der Waals surface area (Å²) in [6.45, 7) is 8.44. The maximum absolute atomic E-state index is 13.4. The zero-order valence-electron chi connectivity index (χ0n) is 10.5. The van der Waals surface area contributed by atoms with Gasteiger partial charge < -0.3 is 4.74 Å². The number of carbonyl (C=O) groups excluding carboxylic acids is 1. The molecule has 0 aliphatic rings. The molecule has 0 heterocycles. The fourth-order valence-corrected chi connectivity index (χ4v) is 1.57. The molecule has 0 bridgehead atoms. The van der Waals surface area contributed by atoms with Crippen molar-refractivity contribution in [2.45, 2.75) is 71.6 Å². The van der Waals surface area contributed by atoms with Crippen LogP contribution in [-0.4, -0.2) is 17.2 Å². The summed E-state index contributed by atoms with van der Waals surface area (Å²) in [6, 6.07) is 0. The van der Waals surface area contributed by atoms with Crippen LogP contribution < -0.4 is 0 Å². The fourth-order valence-electron chi connectivity index (χ4n) is 1.57. The highest BCUT2D eigenvalue weighted by Crippen LogP contribution is 2.28. The Kier molecular flexibility index (Phi) is 5.26. The van der Waals surface area contributed by atoms with Crippen LogP contribution in [0, 0.1) is 0 Å². The van der Waals surface area contributed by atoms with Crippen molar-refractivity contribution in [3.05, 3.63) is 0 Å². The van der Waals surface area contributed by atoms with Crippen LogP contribution in [0.1, 0.15) is 60.3 Å². The molecular weight excluding hydrogens is 195 g/mol. The van der Waals surface area contributed by atoms with Gasteiger partial charge in [-0.1, -0.05) is 27.2 Å². The molecule has 0 saturated carbocycles. The monoisotopic (exact) mass is 218 g/mol. The average Bonchev–Trinajstić information content (AvgIpc) is 2.15. The third-order valence-corrected chi connectivity index (χ3v) is 2.79. The number of rotatable bonds is 6. The molecule has 0 rings (SSSR count). The van der Waals surface area contributed by atoms with Gasteiger partial charge in [-0.3, -0.25) is 0 Å². The van der Waals surface area contributed by atoms with Gasteiger partial charge in [0.05, 0.1) is 0 Å². The molecule has 0 aromatic carbocycles. The fraction of sp³-hybridized carbons (Fsp3) is 0.917. The van der Waals surface area contributed by atoms with Gasteiger partial charge in [0.2, 0.25) is 5.67 Å². The second kappa shape index (κ2) is 5.47. The van der Waals surface area contributed by atoms with E-state index in [2.05, 4.69) is 0 Å². The minimum Gasteiger partial charge on any atom is -0.457 e. The Labute approximate surface area is 92.2 Å². The molecule has 0 radical (unpaired) electrons. The quantitative estimate of drug-likeness (QED) is 0.636. The topological polar surface area (TPSA) is 26.3 Å². The van der Waals surface area contributed by atoms with Gasteiger partial charge in [-0.25, -0.2) is 9.18 Å². The van der Waals surface area contributed by atoms with Gasteiger partial charge in [-0.15, -0.1) is 0 Å². The Morgan fingerprint density at radius 2 is 1.67 bits per heavy atom. The summed E-state index contributed by atoms with van der Waals surface area (Å²) in [6.07, 6.45) is 3.20. The van der Waals surface area contributed by atoms with Crippen LogP contribution in [0.5, 0.6) is 0 Å². The van der Waals surface area contributed by atoms with Gasteiger partial charge in [0.25, 0.3) is 0 Å². The molecule has 0 saturated heterocycles. The second-order valence-corrected chi connectivity index (χ2v) is 4.50. The first-order chi connectivity index (χ1) is 6.81. The Balaban J connectivity index is 4.61. The van der Waals surface area contributed by atoms with Gasteiger partial charge in [0.1, 0.15) is 5.60 Å². The Hall–Kier alpha value is -0.600. The van der Waals surface area contributed by atoms with Crippen LogP contribution >= 0.6 is 0 Å².